The summed E-state index contributed by atoms with van der Waals surface area (Å²) >= 11 is 0. The monoisotopic (exact) mass is 253 g/mol. The number of hydrogen-bond donors (Lipinski definition) is 1. The Hall–Kier alpha value is -2.28. The summed E-state index contributed by atoms with van der Waals surface area (Å²) in [6.07, 6.45) is 1.04. The van der Waals surface area contributed by atoms with Gasteiger partial charge >= 0.3 is 0 Å². The van der Waals surface area contributed by atoms with E-state index in [9.17, 15) is 0 Å². The number of nitriles is 1. The first kappa shape index (κ1) is 11.8. The van der Waals surface area contributed by atoms with E-state index in [1.165, 1.54) is 5.56 Å². The lowest BCUT2D eigenvalue weighted by Gasteiger charge is -1.97. The van der Waals surface area contributed by atoms with E-state index in [0.29, 0.717) is 29.3 Å². The van der Waals surface area contributed by atoms with Gasteiger partial charge in [0.05, 0.1) is 0 Å². The molecule has 0 aliphatic heterocycles. The summed E-state index contributed by atoms with van der Waals surface area (Å²) in [7, 11) is 0. The molecule has 4 nitrogen and oxygen atoms in total. The smallest absolute Gasteiger partial charge is 0.232 e. The number of rotatable bonds is 4. The van der Waals surface area contributed by atoms with Crippen molar-refractivity contribution in [1.29, 1.82) is 5.26 Å². The summed E-state index contributed by atoms with van der Waals surface area (Å²) in [5.41, 5.74) is 1.67. The predicted octanol–water partition coefficient (Wildman–Crippen LogP) is 3.25. The third kappa shape index (κ3) is 2.19. The minimum Gasteiger partial charge on any atom is -0.424 e. The molecule has 1 aliphatic carbocycles. The second kappa shape index (κ2) is 4.77. The van der Waals surface area contributed by atoms with Crippen LogP contribution in [-0.2, 0) is 0 Å². The van der Waals surface area contributed by atoms with Gasteiger partial charge in [-0.15, -0.1) is 0 Å². The number of hydrogen-bond acceptors (Lipinski definition) is 4. The highest BCUT2D eigenvalue weighted by Gasteiger charge is 2.43. The quantitative estimate of drug-likeness (QED) is 0.908. The first-order valence-corrected chi connectivity index (χ1v) is 6.53. The van der Waals surface area contributed by atoms with Crippen molar-refractivity contribution in [1.82, 2.24) is 4.98 Å². The molecule has 2 unspecified atom stereocenters. The van der Waals surface area contributed by atoms with Crippen LogP contribution in [-0.4, -0.2) is 11.5 Å². The Morgan fingerprint density at radius 3 is 2.84 bits per heavy atom. The Bertz CT molecular complexity index is 612. The fraction of sp³-hybridized carbons (Fsp3) is 0.333. The molecule has 1 aliphatic rings. The van der Waals surface area contributed by atoms with Gasteiger partial charge in [-0.25, -0.2) is 4.98 Å². The van der Waals surface area contributed by atoms with Crippen LogP contribution in [0, 0.1) is 11.3 Å². The van der Waals surface area contributed by atoms with Crippen molar-refractivity contribution in [2.75, 3.05) is 11.9 Å². The van der Waals surface area contributed by atoms with Gasteiger partial charge in [-0.05, 0) is 24.8 Å². The molecule has 0 amide bonds. The van der Waals surface area contributed by atoms with E-state index in [1.807, 2.05) is 25.1 Å². The normalized spacial score (nSPS) is 20.8. The van der Waals surface area contributed by atoms with Crippen molar-refractivity contribution in [3.8, 4) is 6.07 Å². The van der Waals surface area contributed by atoms with Crippen LogP contribution >= 0.6 is 0 Å². The summed E-state index contributed by atoms with van der Waals surface area (Å²) in [6, 6.07) is 12.4. The number of oxazole rings is 1. The first-order chi connectivity index (χ1) is 9.33. The fourth-order valence-corrected chi connectivity index (χ4v) is 2.39. The summed E-state index contributed by atoms with van der Waals surface area (Å²) in [6.45, 7) is 2.68. The number of nitrogens with zero attached hydrogens (tertiary/aromatic N) is 2. The van der Waals surface area contributed by atoms with Crippen LogP contribution in [0.4, 0.5) is 5.88 Å². The Morgan fingerprint density at radius 1 is 1.37 bits per heavy atom. The molecular formula is C15H15N3O. The highest BCUT2D eigenvalue weighted by molar-refractivity contribution is 5.46. The molecule has 0 spiro atoms. The van der Waals surface area contributed by atoms with Crippen LogP contribution in [0.25, 0.3) is 0 Å². The van der Waals surface area contributed by atoms with Crippen LogP contribution in [0.15, 0.2) is 34.7 Å². The van der Waals surface area contributed by atoms with Gasteiger partial charge in [0.1, 0.15) is 6.07 Å². The zero-order chi connectivity index (χ0) is 13.2. The van der Waals surface area contributed by atoms with Gasteiger partial charge in [0, 0.05) is 12.5 Å². The third-order valence-corrected chi connectivity index (χ3v) is 3.42. The second-order valence-electron chi connectivity index (χ2n) is 4.73. The van der Waals surface area contributed by atoms with Crippen molar-refractivity contribution in [3.05, 3.63) is 47.5 Å². The highest BCUT2D eigenvalue weighted by Crippen LogP contribution is 2.54. The van der Waals surface area contributed by atoms with Crippen molar-refractivity contribution in [2.45, 2.75) is 25.2 Å². The molecule has 96 valence electrons. The third-order valence-electron chi connectivity index (χ3n) is 3.42. The number of nitrogens with one attached hydrogen (secondary N) is 1. The molecule has 19 heavy (non-hydrogen) atoms. The molecule has 1 aromatic carbocycles. The van der Waals surface area contributed by atoms with Crippen molar-refractivity contribution >= 4 is 5.88 Å². The molecule has 1 N–H and O–H groups in total. The van der Waals surface area contributed by atoms with E-state index in [0.717, 1.165) is 13.0 Å². The summed E-state index contributed by atoms with van der Waals surface area (Å²) in [5.74, 6) is 1.96. The second-order valence-corrected chi connectivity index (χ2v) is 4.73. The molecule has 0 bridgehead atoms. The van der Waals surface area contributed by atoms with E-state index in [4.69, 9.17) is 9.68 Å². The van der Waals surface area contributed by atoms with Gasteiger partial charge in [-0.3, -0.25) is 0 Å². The topological polar surface area (TPSA) is 61.9 Å². The summed E-state index contributed by atoms with van der Waals surface area (Å²) < 4.78 is 5.68. The fourth-order valence-electron chi connectivity index (χ4n) is 2.39. The average molecular weight is 253 g/mol. The predicted molar refractivity (Wildman–Crippen MR) is 71.9 cm³/mol. The largest absolute Gasteiger partial charge is 0.424 e. The standard InChI is InChI=1S/C15H15N3O/c1-2-17-15-13(9-16)18-14(19-15)12-8-11(12)10-6-4-3-5-7-10/h3-7,11-12,17H,2,8H2,1H3. The maximum atomic E-state index is 9.03. The first-order valence-electron chi connectivity index (χ1n) is 6.53. The van der Waals surface area contributed by atoms with Crippen LogP contribution in [0.2, 0.25) is 0 Å². The highest BCUT2D eigenvalue weighted by atomic mass is 16.4. The SMILES string of the molecule is CCNc1oc(C2CC2c2ccccc2)nc1C#N. The maximum Gasteiger partial charge on any atom is 0.232 e. The minimum atomic E-state index is 0.307. The minimum absolute atomic E-state index is 0.307. The number of benzene rings is 1. The summed E-state index contributed by atoms with van der Waals surface area (Å²) in [5, 5.41) is 12.1. The number of aromatic nitrogens is 1. The maximum absolute atomic E-state index is 9.03. The molecule has 1 fully saturated rings. The van der Waals surface area contributed by atoms with Gasteiger partial charge < -0.3 is 9.73 Å². The lowest BCUT2D eigenvalue weighted by Crippen LogP contribution is -1.96. The van der Waals surface area contributed by atoms with E-state index >= 15 is 0 Å². The van der Waals surface area contributed by atoms with E-state index in [1.54, 1.807) is 0 Å². The molecule has 1 heterocycles. The molecule has 2 atom stereocenters. The number of anilines is 1. The van der Waals surface area contributed by atoms with Crippen LogP contribution < -0.4 is 5.32 Å². The van der Waals surface area contributed by atoms with E-state index in [-0.39, 0.29) is 0 Å². The van der Waals surface area contributed by atoms with Crippen LogP contribution in [0.1, 0.15) is 42.3 Å². The Labute approximate surface area is 112 Å². The molecule has 3 rings (SSSR count). The van der Waals surface area contributed by atoms with Crippen LogP contribution in [0.3, 0.4) is 0 Å². The lowest BCUT2D eigenvalue weighted by molar-refractivity contribution is 0.506. The molecule has 0 saturated heterocycles. The van der Waals surface area contributed by atoms with Gasteiger partial charge in [0.2, 0.25) is 17.5 Å². The van der Waals surface area contributed by atoms with Crippen LogP contribution in [0.5, 0.6) is 0 Å². The average Bonchev–Trinajstić information content (AvgIpc) is 3.15. The Kier molecular flexibility index (Phi) is 2.96. The van der Waals surface area contributed by atoms with Gasteiger partial charge in [0.25, 0.3) is 0 Å². The lowest BCUT2D eigenvalue weighted by atomic mass is 10.1. The Morgan fingerprint density at radius 2 is 2.16 bits per heavy atom. The van der Waals surface area contributed by atoms with Gasteiger partial charge in [-0.1, -0.05) is 30.3 Å². The molecular weight excluding hydrogens is 238 g/mol. The van der Waals surface area contributed by atoms with Crippen molar-refractivity contribution in [3.63, 3.8) is 0 Å². The molecule has 0 radical (unpaired) electrons. The molecule has 2 aromatic rings. The molecule has 1 saturated carbocycles. The molecule has 4 heteroatoms. The zero-order valence-corrected chi connectivity index (χ0v) is 10.8. The zero-order valence-electron chi connectivity index (χ0n) is 10.8. The Balaban J connectivity index is 1.80. The van der Waals surface area contributed by atoms with Gasteiger partial charge in [0.15, 0.2) is 0 Å². The van der Waals surface area contributed by atoms with E-state index < -0.39 is 0 Å². The van der Waals surface area contributed by atoms with E-state index in [2.05, 4.69) is 28.5 Å². The summed E-state index contributed by atoms with van der Waals surface area (Å²) in [4.78, 5) is 4.29. The molecule has 1 aromatic heterocycles. The van der Waals surface area contributed by atoms with Gasteiger partial charge in [-0.2, -0.15) is 5.26 Å². The van der Waals surface area contributed by atoms with Crippen molar-refractivity contribution < 1.29 is 4.42 Å². The van der Waals surface area contributed by atoms with Crippen molar-refractivity contribution in [2.24, 2.45) is 0 Å².